The van der Waals surface area contributed by atoms with Gasteiger partial charge in [0.1, 0.15) is 11.5 Å². The van der Waals surface area contributed by atoms with Crippen LogP contribution in [0.2, 0.25) is 0 Å². The summed E-state index contributed by atoms with van der Waals surface area (Å²) < 4.78 is 10.2. The smallest absolute Gasteiger partial charge is 0.310 e. The predicted molar refractivity (Wildman–Crippen MR) is 56.5 cm³/mol. The summed E-state index contributed by atoms with van der Waals surface area (Å²) in [5.41, 5.74) is 0.526. The van der Waals surface area contributed by atoms with E-state index in [1.165, 1.54) is 0 Å². The Kier molecular flexibility index (Phi) is 2.76. The molecule has 16 heavy (non-hydrogen) atoms. The zero-order valence-electron chi connectivity index (χ0n) is 8.78. The number of benzene rings is 1. The lowest BCUT2D eigenvalue weighted by Crippen LogP contribution is -2.25. The highest BCUT2D eigenvalue weighted by atomic mass is 16.5. The van der Waals surface area contributed by atoms with Crippen molar-refractivity contribution in [3.8, 4) is 11.5 Å². The Labute approximate surface area is 92.4 Å². The first-order valence-electron chi connectivity index (χ1n) is 4.96. The van der Waals surface area contributed by atoms with E-state index in [1.807, 2.05) is 0 Å². The summed E-state index contributed by atoms with van der Waals surface area (Å²) in [6, 6.07) is 4.86. The van der Waals surface area contributed by atoms with Crippen LogP contribution in [-0.4, -0.2) is 18.5 Å². The minimum absolute atomic E-state index is 0.0150. The molecule has 0 fully saturated rings. The summed E-state index contributed by atoms with van der Waals surface area (Å²) in [5, 5.41) is 2.64. The van der Waals surface area contributed by atoms with Crippen LogP contribution in [-0.2, 0) is 9.59 Å². The van der Waals surface area contributed by atoms with Gasteiger partial charge in [0.2, 0.25) is 0 Å². The molecule has 5 heteroatoms. The molecule has 5 nitrogen and oxygen atoms in total. The average Bonchev–Trinajstić information content (AvgIpc) is 2.28. The minimum Gasteiger partial charge on any atom is -0.482 e. The lowest BCUT2D eigenvalue weighted by Gasteiger charge is -2.18. The van der Waals surface area contributed by atoms with Gasteiger partial charge in [0.05, 0.1) is 5.69 Å². The van der Waals surface area contributed by atoms with E-state index in [0.29, 0.717) is 23.6 Å². The Bertz CT molecular complexity index is 442. The van der Waals surface area contributed by atoms with Crippen LogP contribution < -0.4 is 14.8 Å². The number of hydrogen-bond acceptors (Lipinski definition) is 4. The number of fused-ring (bicyclic) bond motifs is 1. The molecule has 1 aliphatic rings. The number of anilines is 1. The van der Waals surface area contributed by atoms with Crippen LogP contribution in [0.3, 0.4) is 0 Å². The van der Waals surface area contributed by atoms with Crippen LogP contribution in [0.25, 0.3) is 0 Å². The van der Waals surface area contributed by atoms with E-state index < -0.39 is 0 Å². The zero-order valence-corrected chi connectivity index (χ0v) is 8.78. The second-order valence-electron chi connectivity index (χ2n) is 3.32. The quantitative estimate of drug-likeness (QED) is 0.604. The third-order valence-electron chi connectivity index (χ3n) is 2.10. The van der Waals surface area contributed by atoms with E-state index in [1.54, 1.807) is 25.1 Å². The second-order valence-corrected chi connectivity index (χ2v) is 3.32. The lowest BCUT2D eigenvalue weighted by molar-refractivity contribution is -0.134. The first-order valence-corrected chi connectivity index (χ1v) is 4.96. The van der Waals surface area contributed by atoms with Gasteiger partial charge in [-0.05, 0) is 12.1 Å². The molecule has 1 N–H and O–H groups in total. The van der Waals surface area contributed by atoms with Crippen LogP contribution >= 0.6 is 0 Å². The Morgan fingerprint density at radius 2 is 2.38 bits per heavy atom. The van der Waals surface area contributed by atoms with Crippen molar-refractivity contribution in [3.05, 3.63) is 18.2 Å². The maximum absolute atomic E-state index is 11.1. The SMILES string of the molecule is CCC(=O)Oc1ccc2c(c1)NC(=O)CO2. The third kappa shape index (κ3) is 2.13. The first-order chi connectivity index (χ1) is 7.69. The molecular formula is C11H11NO4. The number of nitrogens with one attached hydrogen (secondary N) is 1. The van der Waals surface area contributed by atoms with Crippen LogP contribution in [0, 0.1) is 0 Å². The number of hydrogen-bond donors (Lipinski definition) is 1. The molecule has 0 bridgehead atoms. The van der Waals surface area contributed by atoms with Crippen molar-refractivity contribution in [3.63, 3.8) is 0 Å². The molecule has 1 aromatic carbocycles. The monoisotopic (exact) mass is 221 g/mol. The van der Waals surface area contributed by atoms with E-state index >= 15 is 0 Å². The average molecular weight is 221 g/mol. The zero-order chi connectivity index (χ0) is 11.5. The van der Waals surface area contributed by atoms with E-state index in [2.05, 4.69) is 5.32 Å². The van der Waals surface area contributed by atoms with Crippen molar-refractivity contribution >= 4 is 17.6 Å². The predicted octanol–water partition coefficient (Wildman–Crippen LogP) is 1.33. The fourth-order valence-electron chi connectivity index (χ4n) is 1.33. The van der Waals surface area contributed by atoms with Gasteiger partial charge in [-0.1, -0.05) is 6.92 Å². The molecule has 1 aromatic rings. The van der Waals surface area contributed by atoms with Crippen LogP contribution in [0.15, 0.2) is 18.2 Å². The Morgan fingerprint density at radius 3 is 3.12 bits per heavy atom. The summed E-state index contributed by atoms with van der Waals surface area (Å²) in [6.45, 7) is 1.73. The molecule has 2 rings (SSSR count). The molecule has 0 saturated carbocycles. The summed E-state index contributed by atoms with van der Waals surface area (Å²) in [4.78, 5) is 22.1. The molecule has 84 valence electrons. The van der Waals surface area contributed by atoms with Gasteiger partial charge >= 0.3 is 5.97 Å². The number of rotatable bonds is 2. The summed E-state index contributed by atoms with van der Waals surface area (Å²) in [6.07, 6.45) is 0.305. The van der Waals surface area contributed by atoms with Gasteiger partial charge in [-0.3, -0.25) is 9.59 Å². The Morgan fingerprint density at radius 1 is 1.56 bits per heavy atom. The van der Waals surface area contributed by atoms with Crippen molar-refractivity contribution < 1.29 is 19.1 Å². The van der Waals surface area contributed by atoms with E-state index in [9.17, 15) is 9.59 Å². The van der Waals surface area contributed by atoms with Gasteiger partial charge in [0, 0.05) is 12.5 Å². The molecule has 0 aromatic heterocycles. The molecule has 1 amide bonds. The van der Waals surface area contributed by atoms with Crippen molar-refractivity contribution in [2.24, 2.45) is 0 Å². The third-order valence-corrected chi connectivity index (χ3v) is 2.10. The summed E-state index contributed by atoms with van der Waals surface area (Å²) >= 11 is 0. The number of ether oxygens (including phenoxy) is 2. The van der Waals surface area contributed by atoms with Crippen molar-refractivity contribution in [2.75, 3.05) is 11.9 Å². The Hall–Kier alpha value is -2.04. The van der Waals surface area contributed by atoms with Gasteiger partial charge in [0.25, 0.3) is 5.91 Å². The Balaban J connectivity index is 2.21. The number of carbonyl (C=O) groups excluding carboxylic acids is 2. The lowest BCUT2D eigenvalue weighted by atomic mass is 10.2. The molecule has 0 aliphatic carbocycles. The van der Waals surface area contributed by atoms with Gasteiger partial charge in [-0.15, -0.1) is 0 Å². The van der Waals surface area contributed by atoms with Gasteiger partial charge in [0.15, 0.2) is 6.61 Å². The van der Waals surface area contributed by atoms with Gasteiger partial charge in [-0.25, -0.2) is 0 Å². The van der Waals surface area contributed by atoms with Crippen molar-refractivity contribution in [1.29, 1.82) is 0 Å². The molecule has 1 heterocycles. The standard InChI is InChI=1S/C11H11NO4/c1-2-11(14)16-7-3-4-9-8(5-7)12-10(13)6-15-9/h3-5H,2,6H2,1H3,(H,12,13). The largest absolute Gasteiger partial charge is 0.482 e. The van der Waals surface area contributed by atoms with E-state index in [-0.39, 0.29) is 18.5 Å². The molecule has 0 atom stereocenters. The molecule has 0 spiro atoms. The highest BCUT2D eigenvalue weighted by Gasteiger charge is 2.16. The first kappa shape index (κ1) is 10.5. The minimum atomic E-state index is -0.317. The highest BCUT2D eigenvalue weighted by Crippen LogP contribution is 2.31. The van der Waals surface area contributed by atoms with Crippen LogP contribution in [0.1, 0.15) is 13.3 Å². The maximum atomic E-state index is 11.1. The topological polar surface area (TPSA) is 64.6 Å². The number of carbonyl (C=O) groups is 2. The molecule has 0 unspecified atom stereocenters. The van der Waals surface area contributed by atoms with Crippen molar-refractivity contribution in [2.45, 2.75) is 13.3 Å². The number of amides is 1. The fourth-order valence-corrected chi connectivity index (χ4v) is 1.33. The fraction of sp³-hybridized carbons (Fsp3) is 0.273. The molecule has 1 aliphatic heterocycles. The normalized spacial score (nSPS) is 13.4. The molecule has 0 radical (unpaired) electrons. The van der Waals surface area contributed by atoms with Gasteiger partial charge in [-0.2, -0.15) is 0 Å². The van der Waals surface area contributed by atoms with Crippen LogP contribution in [0.5, 0.6) is 11.5 Å². The maximum Gasteiger partial charge on any atom is 0.310 e. The number of esters is 1. The summed E-state index contributed by atoms with van der Waals surface area (Å²) in [7, 11) is 0. The van der Waals surface area contributed by atoms with Crippen LogP contribution in [0.4, 0.5) is 5.69 Å². The molecular weight excluding hydrogens is 210 g/mol. The van der Waals surface area contributed by atoms with Crippen molar-refractivity contribution in [1.82, 2.24) is 0 Å². The second kappa shape index (κ2) is 4.22. The highest BCUT2D eigenvalue weighted by molar-refractivity contribution is 5.95. The summed E-state index contributed by atoms with van der Waals surface area (Å²) in [5.74, 6) is 0.446. The van der Waals surface area contributed by atoms with E-state index in [4.69, 9.17) is 9.47 Å². The van der Waals surface area contributed by atoms with Gasteiger partial charge < -0.3 is 14.8 Å². The van der Waals surface area contributed by atoms with E-state index in [0.717, 1.165) is 0 Å². The molecule has 0 saturated heterocycles.